The van der Waals surface area contributed by atoms with Crippen LogP contribution in [-0.2, 0) is 14.1 Å². The van der Waals surface area contributed by atoms with Gasteiger partial charge in [-0.2, -0.15) is 0 Å². The molecular formula is C16H16NO6PS. The van der Waals surface area contributed by atoms with Crippen molar-refractivity contribution in [2.75, 3.05) is 7.11 Å². The van der Waals surface area contributed by atoms with Gasteiger partial charge in [0.05, 0.1) is 7.11 Å². The van der Waals surface area contributed by atoms with Crippen LogP contribution in [0.1, 0.15) is 0 Å². The van der Waals surface area contributed by atoms with Crippen LogP contribution in [0, 0.1) is 0 Å². The van der Waals surface area contributed by atoms with E-state index in [1.807, 2.05) is 0 Å². The zero-order valence-electron chi connectivity index (χ0n) is 13.2. The fraction of sp³-hybridized carbons (Fsp3) is 0.125. The van der Waals surface area contributed by atoms with Crippen LogP contribution < -0.4 is 14.4 Å². The van der Waals surface area contributed by atoms with Crippen molar-refractivity contribution in [3.63, 3.8) is 0 Å². The number of carbonyl (C=O) groups is 2. The molecule has 0 heterocycles. The van der Waals surface area contributed by atoms with Gasteiger partial charge in [-0.25, -0.2) is 9.36 Å². The second-order valence-corrected chi connectivity index (χ2v) is 7.09. The van der Waals surface area contributed by atoms with E-state index in [9.17, 15) is 14.2 Å². The number of benzene rings is 2. The molecule has 25 heavy (non-hydrogen) atoms. The van der Waals surface area contributed by atoms with Crippen molar-refractivity contribution in [2.24, 2.45) is 0 Å². The van der Waals surface area contributed by atoms with Gasteiger partial charge in [0.2, 0.25) is 0 Å². The van der Waals surface area contributed by atoms with E-state index < -0.39 is 24.6 Å². The van der Waals surface area contributed by atoms with E-state index in [2.05, 4.69) is 22.7 Å². The van der Waals surface area contributed by atoms with Crippen molar-refractivity contribution in [3.05, 3.63) is 60.7 Å². The van der Waals surface area contributed by atoms with Gasteiger partial charge in [-0.3, -0.25) is 4.79 Å². The van der Waals surface area contributed by atoms with Crippen LogP contribution in [-0.4, -0.2) is 24.1 Å². The normalized spacial score (nSPS) is 11.9. The SMILES string of the molecule is COC(=O)C(NC(=O)S)P(=O)(Oc1ccccc1)Oc1ccccc1. The van der Waals surface area contributed by atoms with E-state index in [1.165, 1.54) is 24.3 Å². The van der Waals surface area contributed by atoms with Crippen LogP contribution in [0.25, 0.3) is 0 Å². The highest BCUT2D eigenvalue weighted by Gasteiger charge is 2.46. The highest BCUT2D eigenvalue weighted by atomic mass is 32.1. The monoisotopic (exact) mass is 381 g/mol. The minimum Gasteiger partial charge on any atom is -0.467 e. The molecule has 0 spiro atoms. The molecule has 0 saturated carbocycles. The van der Waals surface area contributed by atoms with Crippen molar-refractivity contribution in [2.45, 2.75) is 5.78 Å². The summed E-state index contributed by atoms with van der Waals surface area (Å²) in [6.07, 6.45) is 0. The first-order chi connectivity index (χ1) is 11.9. The molecule has 2 aromatic carbocycles. The minimum atomic E-state index is -4.26. The number of hydrogen-bond donors (Lipinski definition) is 2. The average molecular weight is 381 g/mol. The fourth-order valence-corrected chi connectivity index (χ4v) is 3.83. The van der Waals surface area contributed by atoms with E-state index in [1.54, 1.807) is 36.4 Å². The molecule has 2 rings (SSSR count). The zero-order valence-corrected chi connectivity index (χ0v) is 15.0. The highest BCUT2D eigenvalue weighted by Crippen LogP contribution is 2.52. The van der Waals surface area contributed by atoms with Gasteiger partial charge in [-0.15, -0.1) is 0 Å². The predicted octanol–water partition coefficient (Wildman–Crippen LogP) is 3.48. The largest absolute Gasteiger partial charge is 0.467 e. The topological polar surface area (TPSA) is 90.9 Å². The average Bonchev–Trinajstić information content (AvgIpc) is 2.60. The van der Waals surface area contributed by atoms with Crippen molar-refractivity contribution < 1.29 is 27.9 Å². The highest BCUT2D eigenvalue weighted by molar-refractivity contribution is 7.96. The summed E-state index contributed by atoms with van der Waals surface area (Å²) in [5.74, 6) is -2.28. The van der Waals surface area contributed by atoms with Gasteiger partial charge in [-0.1, -0.05) is 49.0 Å². The molecule has 0 radical (unpaired) electrons. The maximum Gasteiger partial charge on any atom is 0.464 e. The van der Waals surface area contributed by atoms with E-state index >= 15 is 0 Å². The van der Waals surface area contributed by atoms with Crippen LogP contribution >= 0.6 is 20.2 Å². The van der Waals surface area contributed by atoms with Gasteiger partial charge in [0.15, 0.2) is 0 Å². The van der Waals surface area contributed by atoms with Crippen LogP contribution in [0.2, 0.25) is 0 Å². The number of amides is 1. The molecule has 0 aliphatic rings. The second-order valence-electron chi connectivity index (χ2n) is 4.72. The number of carbonyl (C=O) groups excluding carboxylic acids is 2. The Kier molecular flexibility index (Phi) is 6.50. The number of methoxy groups -OCH3 is 1. The Morgan fingerprint density at radius 2 is 1.40 bits per heavy atom. The maximum atomic E-state index is 13.4. The molecular weight excluding hydrogens is 365 g/mol. The van der Waals surface area contributed by atoms with Crippen molar-refractivity contribution in [1.29, 1.82) is 0 Å². The first kappa shape index (κ1) is 18.9. The molecule has 1 amide bonds. The summed E-state index contributed by atoms with van der Waals surface area (Å²) in [6.45, 7) is 0. The van der Waals surface area contributed by atoms with Crippen LogP contribution in [0.3, 0.4) is 0 Å². The first-order valence-corrected chi connectivity index (χ1v) is 9.17. The molecule has 1 N–H and O–H groups in total. The quantitative estimate of drug-likeness (QED) is 0.434. The molecule has 1 atom stereocenters. The van der Waals surface area contributed by atoms with Gasteiger partial charge in [0, 0.05) is 0 Å². The lowest BCUT2D eigenvalue weighted by atomic mass is 10.3. The van der Waals surface area contributed by atoms with E-state index in [-0.39, 0.29) is 11.5 Å². The zero-order chi connectivity index (χ0) is 18.3. The molecule has 0 fully saturated rings. The number of thiol groups is 1. The standard InChI is InChI=1S/C16H16NO6PS/c1-21-15(18)14(17-16(19)25)24(20,22-12-8-4-2-5-9-12)23-13-10-6-3-7-11-13/h2-11,14H,1H3,(H2,17,19,25). The third-order valence-corrected chi connectivity index (χ3v) is 4.98. The summed E-state index contributed by atoms with van der Waals surface area (Å²) in [5, 5.41) is 1.26. The lowest BCUT2D eigenvalue weighted by molar-refractivity contribution is -0.140. The van der Waals surface area contributed by atoms with Crippen molar-refractivity contribution in [3.8, 4) is 11.5 Å². The van der Waals surface area contributed by atoms with E-state index in [0.29, 0.717) is 0 Å². The van der Waals surface area contributed by atoms with E-state index in [0.717, 1.165) is 7.11 Å². The molecule has 1 unspecified atom stereocenters. The number of nitrogens with one attached hydrogen (secondary N) is 1. The Balaban J connectivity index is 2.43. The Hall–Kier alpha value is -2.44. The van der Waals surface area contributed by atoms with Gasteiger partial charge in [-0.05, 0) is 24.3 Å². The minimum absolute atomic E-state index is 0.198. The van der Waals surface area contributed by atoms with Crippen LogP contribution in [0.5, 0.6) is 11.5 Å². The van der Waals surface area contributed by atoms with E-state index in [4.69, 9.17) is 9.05 Å². The molecule has 0 aliphatic heterocycles. The summed E-state index contributed by atoms with van der Waals surface area (Å²) in [7, 11) is -3.16. The number of para-hydroxylation sites is 2. The Labute approximate surface area is 150 Å². The molecule has 2 aromatic rings. The maximum absolute atomic E-state index is 13.4. The second kappa shape index (κ2) is 8.60. The van der Waals surface area contributed by atoms with Gasteiger partial charge < -0.3 is 19.1 Å². The third-order valence-electron chi connectivity index (χ3n) is 2.95. The smallest absolute Gasteiger partial charge is 0.464 e. The summed E-state index contributed by atoms with van der Waals surface area (Å²) in [4.78, 5) is 23.4. The Morgan fingerprint density at radius 1 is 0.960 bits per heavy atom. The van der Waals surface area contributed by atoms with Crippen molar-refractivity contribution in [1.82, 2.24) is 5.32 Å². The summed E-state index contributed by atoms with van der Waals surface area (Å²) >= 11 is 3.57. The molecule has 132 valence electrons. The summed E-state index contributed by atoms with van der Waals surface area (Å²) in [5.41, 5.74) is 0. The van der Waals surface area contributed by atoms with Gasteiger partial charge >= 0.3 is 13.6 Å². The molecule has 0 aromatic heterocycles. The fourth-order valence-electron chi connectivity index (χ4n) is 1.88. The van der Waals surface area contributed by atoms with Crippen LogP contribution in [0.4, 0.5) is 4.79 Å². The number of esters is 1. The third kappa shape index (κ3) is 5.27. The number of hydrogen-bond acceptors (Lipinski definition) is 6. The molecule has 0 saturated heterocycles. The molecule has 0 bridgehead atoms. The summed E-state index contributed by atoms with van der Waals surface area (Å²) in [6, 6.07) is 16.3. The number of ether oxygens (including phenoxy) is 1. The molecule has 0 aliphatic carbocycles. The lowest BCUT2D eigenvalue weighted by Gasteiger charge is -2.25. The number of rotatable bonds is 7. The van der Waals surface area contributed by atoms with Crippen molar-refractivity contribution >= 4 is 31.4 Å². The lowest BCUT2D eigenvalue weighted by Crippen LogP contribution is -2.41. The van der Waals surface area contributed by atoms with Gasteiger partial charge in [0.25, 0.3) is 11.0 Å². The Morgan fingerprint density at radius 3 is 1.76 bits per heavy atom. The van der Waals surface area contributed by atoms with Crippen LogP contribution in [0.15, 0.2) is 60.7 Å². The first-order valence-electron chi connectivity index (χ1n) is 7.11. The predicted molar refractivity (Wildman–Crippen MR) is 95.1 cm³/mol. The molecule has 9 heteroatoms. The Bertz CT molecular complexity index is 725. The summed E-state index contributed by atoms with van der Waals surface area (Å²) < 4.78 is 29.0. The van der Waals surface area contributed by atoms with Gasteiger partial charge in [0.1, 0.15) is 11.5 Å². The molecule has 7 nitrogen and oxygen atoms in total.